The van der Waals surface area contributed by atoms with E-state index in [2.05, 4.69) is 26.1 Å². The van der Waals surface area contributed by atoms with Gasteiger partial charge in [-0.05, 0) is 37.0 Å². The van der Waals surface area contributed by atoms with Gasteiger partial charge < -0.3 is 15.0 Å². The molecule has 1 heterocycles. The third-order valence-corrected chi connectivity index (χ3v) is 4.02. The lowest BCUT2D eigenvalue weighted by atomic mass is 9.86. The lowest BCUT2D eigenvalue weighted by Crippen LogP contribution is -2.19. The molecule has 0 radical (unpaired) electrons. The Morgan fingerprint density at radius 2 is 2.25 bits per heavy atom. The molecular weight excluding hydrogens is 322 g/mol. The molecule has 106 valence electrons. The summed E-state index contributed by atoms with van der Waals surface area (Å²) in [6.45, 7) is 0.982. The Morgan fingerprint density at radius 1 is 1.40 bits per heavy atom. The van der Waals surface area contributed by atoms with Gasteiger partial charge >= 0.3 is 0 Å². The van der Waals surface area contributed by atoms with Gasteiger partial charge in [-0.2, -0.15) is 4.98 Å². The van der Waals surface area contributed by atoms with Crippen molar-refractivity contribution in [3.05, 3.63) is 28.6 Å². The van der Waals surface area contributed by atoms with Crippen LogP contribution in [0.25, 0.3) is 11.4 Å². The summed E-state index contributed by atoms with van der Waals surface area (Å²) in [6.07, 6.45) is 3.82. The second kappa shape index (κ2) is 5.93. The van der Waals surface area contributed by atoms with Crippen molar-refractivity contribution in [1.29, 1.82) is 0 Å². The molecule has 2 aromatic rings. The molecule has 0 unspecified atom stereocenters. The molecule has 0 amide bonds. The first kappa shape index (κ1) is 13.6. The van der Waals surface area contributed by atoms with Crippen molar-refractivity contribution in [1.82, 2.24) is 10.1 Å². The molecule has 5 nitrogen and oxygen atoms in total. The van der Waals surface area contributed by atoms with E-state index in [1.807, 2.05) is 18.2 Å². The van der Waals surface area contributed by atoms with Crippen LogP contribution in [0.5, 0.6) is 5.75 Å². The molecule has 1 aliphatic carbocycles. The van der Waals surface area contributed by atoms with Crippen LogP contribution >= 0.6 is 15.9 Å². The van der Waals surface area contributed by atoms with Crippen LogP contribution in [0.1, 0.15) is 25.2 Å². The first-order valence-corrected chi connectivity index (χ1v) is 7.51. The van der Waals surface area contributed by atoms with E-state index in [9.17, 15) is 0 Å². The van der Waals surface area contributed by atoms with Crippen molar-refractivity contribution in [2.75, 3.05) is 6.61 Å². The van der Waals surface area contributed by atoms with Crippen molar-refractivity contribution in [2.45, 2.75) is 25.8 Å². The van der Waals surface area contributed by atoms with Gasteiger partial charge in [-0.1, -0.05) is 27.5 Å². The maximum atomic E-state index is 5.92. The Morgan fingerprint density at radius 3 is 2.90 bits per heavy atom. The highest BCUT2D eigenvalue weighted by atomic mass is 79.9. The highest BCUT2D eigenvalue weighted by Crippen LogP contribution is 2.33. The first-order chi connectivity index (χ1) is 9.76. The fourth-order valence-electron chi connectivity index (χ4n) is 2.12. The monoisotopic (exact) mass is 337 g/mol. The molecule has 0 aliphatic heterocycles. The third kappa shape index (κ3) is 2.86. The quantitative estimate of drug-likeness (QED) is 0.907. The topological polar surface area (TPSA) is 74.2 Å². The van der Waals surface area contributed by atoms with Crippen LogP contribution in [0.3, 0.4) is 0 Å². The average molecular weight is 338 g/mol. The van der Waals surface area contributed by atoms with E-state index in [0.717, 1.165) is 22.4 Å². The molecule has 3 rings (SSSR count). The van der Waals surface area contributed by atoms with Crippen LogP contribution in [0.2, 0.25) is 0 Å². The SMILES string of the molecule is NCc1nc(-c2cc(Br)ccc2OCC2CCC2)no1. The van der Waals surface area contributed by atoms with E-state index in [1.165, 1.54) is 19.3 Å². The maximum absolute atomic E-state index is 5.92. The number of nitrogens with zero attached hydrogens (tertiary/aromatic N) is 2. The molecule has 0 bridgehead atoms. The molecule has 1 fully saturated rings. The van der Waals surface area contributed by atoms with Crippen LogP contribution < -0.4 is 10.5 Å². The van der Waals surface area contributed by atoms with E-state index in [-0.39, 0.29) is 6.54 Å². The minimum Gasteiger partial charge on any atom is -0.493 e. The molecule has 1 aromatic heterocycles. The van der Waals surface area contributed by atoms with E-state index in [4.69, 9.17) is 15.0 Å². The molecule has 20 heavy (non-hydrogen) atoms. The van der Waals surface area contributed by atoms with E-state index in [1.54, 1.807) is 0 Å². The summed E-state index contributed by atoms with van der Waals surface area (Å²) in [5.41, 5.74) is 6.32. The predicted octanol–water partition coefficient (Wildman–Crippen LogP) is 3.14. The molecule has 2 N–H and O–H groups in total. The van der Waals surface area contributed by atoms with Gasteiger partial charge in [0.05, 0.1) is 18.7 Å². The molecule has 1 saturated carbocycles. The number of hydrogen-bond donors (Lipinski definition) is 1. The first-order valence-electron chi connectivity index (χ1n) is 6.71. The lowest BCUT2D eigenvalue weighted by molar-refractivity contribution is 0.181. The fraction of sp³-hybridized carbons (Fsp3) is 0.429. The standard InChI is InChI=1S/C14H16BrN3O2/c15-10-4-5-12(19-8-9-2-1-3-9)11(6-10)14-17-13(7-16)20-18-14/h4-6,9H,1-3,7-8,16H2. The Balaban J connectivity index is 1.84. The molecule has 1 aromatic carbocycles. The second-order valence-corrected chi connectivity index (χ2v) is 5.88. The second-order valence-electron chi connectivity index (χ2n) is 4.96. The summed E-state index contributed by atoms with van der Waals surface area (Å²) in [6, 6.07) is 5.81. The number of nitrogens with two attached hydrogens (primary N) is 1. The number of halogens is 1. The summed E-state index contributed by atoms with van der Waals surface area (Å²) in [7, 11) is 0. The van der Waals surface area contributed by atoms with Gasteiger partial charge in [-0.3, -0.25) is 0 Å². The average Bonchev–Trinajstić information content (AvgIpc) is 2.87. The Labute approximate surface area is 125 Å². The van der Waals surface area contributed by atoms with Crippen molar-refractivity contribution in [3.63, 3.8) is 0 Å². The van der Waals surface area contributed by atoms with Gasteiger partial charge in [-0.25, -0.2) is 0 Å². The lowest BCUT2D eigenvalue weighted by Gasteiger charge is -2.25. The van der Waals surface area contributed by atoms with Crippen molar-refractivity contribution in [2.24, 2.45) is 11.7 Å². The van der Waals surface area contributed by atoms with Crippen LogP contribution in [-0.4, -0.2) is 16.7 Å². The van der Waals surface area contributed by atoms with Crippen molar-refractivity contribution >= 4 is 15.9 Å². The van der Waals surface area contributed by atoms with Gasteiger partial charge in [0.1, 0.15) is 5.75 Å². The number of ether oxygens (including phenoxy) is 1. The zero-order chi connectivity index (χ0) is 13.9. The largest absolute Gasteiger partial charge is 0.493 e. The molecule has 1 aliphatic rings. The summed E-state index contributed by atoms with van der Waals surface area (Å²) in [5, 5.41) is 3.95. The van der Waals surface area contributed by atoms with Crippen molar-refractivity contribution in [3.8, 4) is 17.1 Å². The van der Waals surface area contributed by atoms with Gasteiger partial charge in [-0.15, -0.1) is 0 Å². The predicted molar refractivity (Wildman–Crippen MR) is 78.2 cm³/mol. The third-order valence-electron chi connectivity index (χ3n) is 3.52. The van der Waals surface area contributed by atoms with E-state index in [0.29, 0.717) is 17.6 Å². The summed E-state index contributed by atoms with van der Waals surface area (Å²) in [4.78, 5) is 4.26. The summed E-state index contributed by atoms with van der Waals surface area (Å²) >= 11 is 3.46. The zero-order valence-electron chi connectivity index (χ0n) is 11.0. The molecular formula is C14H16BrN3O2. The van der Waals surface area contributed by atoms with E-state index < -0.39 is 0 Å². The number of benzene rings is 1. The zero-order valence-corrected chi connectivity index (χ0v) is 12.6. The number of aromatic nitrogens is 2. The van der Waals surface area contributed by atoms with Crippen LogP contribution in [0, 0.1) is 5.92 Å². The highest BCUT2D eigenvalue weighted by molar-refractivity contribution is 9.10. The van der Waals surface area contributed by atoms with E-state index >= 15 is 0 Å². The van der Waals surface area contributed by atoms with Crippen LogP contribution in [-0.2, 0) is 6.54 Å². The van der Waals surface area contributed by atoms with Crippen LogP contribution in [0.15, 0.2) is 27.2 Å². The minimum atomic E-state index is 0.235. The minimum absolute atomic E-state index is 0.235. The number of hydrogen-bond acceptors (Lipinski definition) is 5. The van der Waals surface area contributed by atoms with Crippen LogP contribution in [0.4, 0.5) is 0 Å². The molecule has 0 spiro atoms. The van der Waals surface area contributed by atoms with Crippen molar-refractivity contribution < 1.29 is 9.26 Å². The Hall–Kier alpha value is -1.40. The van der Waals surface area contributed by atoms with Gasteiger partial charge in [0.2, 0.25) is 11.7 Å². The summed E-state index contributed by atoms with van der Waals surface area (Å²) in [5.74, 6) is 2.39. The maximum Gasteiger partial charge on any atom is 0.240 e. The Kier molecular flexibility index (Phi) is 4.03. The van der Waals surface area contributed by atoms with Gasteiger partial charge in [0.25, 0.3) is 0 Å². The number of rotatable bonds is 5. The molecule has 0 saturated heterocycles. The Bertz CT molecular complexity index is 596. The highest BCUT2D eigenvalue weighted by Gasteiger charge is 2.20. The summed E-state index contributed by atoms with van der Waals surface area (Å²) < 4.78 is 11.9. The fourth-order valence-corrected chi connectivity index (χ4v) is 2.48. The molecule has 6 heteroatoms. The normalized spacial score (nSPS) is 15.1. The van der Waals surface area contributed by atoms with Gasteiger partial charge in [0, 0.05) is 4.47 Å². The molecule has 0 atom stereocenters. The smallest absolute Gasteiger partial charge is 0.240 e. The van der Waals surface area contributed by atoms with Gasteiger partial charge in [0.15, 0.2) is 0 Å².